The third kappa shape index (κ3) is 2.94. The van der Waals surface area contributed by atoms with E-state index in [1.54, 1.807) is 0 Å². The lowest BCUT2D eigenvalue weighted by atomic mass is 10.4. The van der Waals surface area contributed by atoms with Gasteiger partial charge in [0.25, 0.3) is 5.56 Å². The van der Waals surface area contributed by atoms with Gasteiger partial charge in [0.1, 0.15) is 0 Å². The maximum Gasteiger partial charge on any atom is 0.330 e. The van der Waals surface area contributed by atoms with Crippen LogP contribution in [0.1, 0.15) is 5.69 Å². The molecule has 0 saturated carbocycles. The molecule has 0 radical (unpaired) electrons. The summed E-state index contributed by atoms with van der Waals surface area (Å²) >= 11 is 0. The second-order valence-corrected chi connectivity index (χ2v) is 5.71. The van der Waals surface area contributed by atoms with Gasteiger partial charge in [-0.05, 0) is 6.92 Å². The third-order valence-electron chi connectivity index (χ3n) is 2.77. The Hall–Kier alpha value is -1.45. The van der Waals surface area contributed by atoms with Crippen LogP contribution in [0.5, 0.6) is 0 Å². The van der Waals surface area contributed by atoms with Crippen molar-refractivity contribution < 1.29 is 13.2 Å². The number of rotatable bonds is 5. The van der Waals surface area contributed by atoms with Gasteiger partial charge in [0.2, 0.25) is 10.0 Å². The topological polar surface area (TPSA) is 99.4 Å². The lowest BCUT2D eigenvalue weighted by molar-refractivity contribution is 0.204. The molecule has 0 aliphatic heterocycles. The van der Waals surface area contributed by atoms with Gasteiger partial charge < -0.3 is 4.74 Å². The molecule has 1 aromatic rings. The molecule has 1 heterocycles. The first-order valence-electron chi connectivity index (χ1n) is 5.49. The highest BCUT2D eigenvalue weighted by Gasteiger charge is 2.24. The van der Waals surface area contributed by atoms with Crippen molar-refractivity contribution in [1.82, 2.24) is 13.9 Å². The van der Waals surface area contributed by atoms with E-state index in [-0.39, 0.29) is 18.8 Å². The molecule has 108 valence electrons. The number of hydrogen-bond donors (Lipinski definition) is 1. The summed E-state index contributed by atoms with van der Waals surface area (Å²) in [6.45, 7) is 1.64. The summed E-state index contributed by atoms with van der Waals surface area (Å²) in [7, 11) is 0.0991. The van der Waals surface area contributed by atoms with Gasteiger partial charge in [0, 0.05) is 33.4 Å². The van der Waals surface area contributed by atoms with Crippen LogP contribution in [0.3, 0.4) is 0 Å². The van der Waals surface area contributed by atoms with E-state index < -0.39 is 26.2 Å². The smallest absolute Gasteiger partial charge is 0.330 e. The fourth-order valence-electron chi connectivity index (χ4n) is 1.57. The fourth-order valence-corrected chi connectivity index (χ4v) is 2.96. The predicted octanol–water partition coefficient (Wildman–Crippen LogP) is -1.68. The van der Waals surface area contributed by atoms with Crippen LogP contribution in [0.2, 0.25) is 0 Å². The third-order valence-corrected chi connectivity index (χ3v) is 4.36. The summed E-state index contributed by atoms with van der Waals surface area (Å²) in [6.07, 6.45) is 0. The summed E-state index contributed by atoms with van der Waals surface area (Å²) in [5.41, 5.74) is -1.32. The van der Waals surface area contributed by atoms with Gasteiger partial charge in [-0.25, -0.2) is 17.9 Å². The summed E-state index contributed by atoms with van der Waals surface area (Å²) in [4.78, 5) is 23.2. The van der Waals surface area contributed by atoms with Crippen molar-refractivity contribution >= 4 is 10.0 Å². The number of methoxy groups -OCH3 is 1. The van der Waals surface area contributed by atoms with E-state index >= 15 is 0 Å². The zero-order valence-corrected chi connectivity index (χ0v) is 12.1. The minimum atomic E-state index is -3.98. The minimum absolute atomic E-state index is 0.0459. The van der Waals surface area contributed by atoms with E-state index in [1.165, 1.54) is 28.1 Å². The lowest BCUT2D eigenvalue weighted by Crippen LogP contribution is -2.43. The second kappa shape index (κ2) is 5.68. The molecule has 9 heteroatoms. The van der Waals surface area contributed by atoms with Crippen LogP contribution >= 0.6 is 0 Å². The van der Waals surface area contributed by atoms with Gasteiger partial charge in [-0.3, -0.25) is 13.9 Å². The Bertz CT molecular complexity index is 686. The quantitative estimate of drug-likeness (QED) is 0.653. The maximum atomic E-state index is 12.1. The predicted molar refractivity (Wildman–Crippen MR) is 68.7 cm³/mol. The van der Waals surface area contributed by atoms with Gasteiger partial charge in [0.15, 0.2) is 4.90 Å². The molecule has 0 aliphatic rings. The summed E-state index contributed by atoms with van der Waals surface area (Å²) in [5, 5.41) is 0. The highest BCUT2D eigenvalue weighted by atomic mass is 32.2. The zero-order chi connectivity index (χ0) is 14.8. The Morgan fingerprint density at radius 3 is 2.32 bits per heavy atom. The molecule has 0 unspecified atom stereocenters. The van der Waals surface area contributed by atoms with Crippen molar-refractivity contribution in [3.05, 3.63) is 26.5 Å². The summed E-state index contributed by atoms with van der Waals surface area (Å²) in [6, 6.07) is 0. The minimum Gasteiger partial charge on any atom is -0.383 e. The second-order valence-electron chi connectivity index (χ2n) is 4.01. The first kappa shape index (κ1) is 15.6. The van der Waals surface area contributed by atoms with Gasteiger partial charge >= 0.3 is 5.69 Å². The monoisotopic (exact) mass is 291 g/mol. The molecular weight excluding hydrogens is 274 g/mol. The molecule has 1 N–H and O–H groups in total. The standard InChI is InChI=1S/C10H17N3O5S/c1-7-8(19(16,17)11-5-6-18-4)9(14)13(3)10(15)12(7)2/h11H,5-6H2,1-4H3. The van der Waals surface area contributed by atoms with E-state index in [1.807, 2.05) is 0 Å². The number of nitrogens with zero attached hydrogens (tertiary/aromatic N) is 2. The normalized spacial score (nSPS) is 11.8. The van der Waals surface area contributed by atoms with E-state index in [4.69, 9.17) is 4.74 Å². The molecule has 1 aromatic heterocycles. The Morgan fingerprint density at radius 2 is 1.79 bits per heavy atom. The number of hydrogen-bond acceptors (Lipinski definition) is 5. The molecule has 0 aliphatic carbocycles. The Balaban J connectivity index is 3.44. The number of ether oxygens (including phenoxy) is 1. The maximum absolute atomic E-state index is 12.1. The SMILES string of the molecule is COCCNS(=O)(=O)c1c(C)n(C)c(=O)n(C)c1=O. The number of aromatic nitrogens is 2. The molecule has 0 atom stereocenters. The molecule has 19 heavy (non-hydrogen) atoms. The highest BCUT2D eigenvalue weighted by molar-refractivity contribution is 7.89. The van der Waals surface area contributed by atoms with Gasteiger partial charge in [-0.15, -0.1) is 0 Å². The molecule has 8 nitrogen and oxygen atoms in total. The summed E-state index contributed by atoms with van der Waals surface area (Å²) < 4.78 is 33.0. The van der Waals surface area contributed by atoms with Crippen molar-refractivity contribution in [2.24, 2.45) is 14.1 Å². The molecule has 1 rings (SSSR count). The average Bonchev–Trinajstić information content (AvgIpc) is 2.34. The zero-order valence-electron chi connectivity index (χ0n) is 11.3. The van der Waals surface area contributed by atoms with Crippen molar-refractivity contribution in [1.29, 1.82) is 0 Å². The van der Waals surface area contributed by atoms with E-state index in [0.29, 0.717) is 0 Å². The van der Waals surface area contributed by atoms with Crippen molar-refractivity contribution in [3.8, 4) is 0 Å². The first-order chi connectivity index (χ1) is 8.74. The number of sulfonamides is 1. The van der Waals surface area contributed by atoms with Gasteiger partial charge in [-0.1, -0.05) is 0 Å². The van der Waals surface area contributed by atoms with Crippen LogP contribution in [0.25, 0.3) is 0 Å². The van der Waals surface area contributed by atoms with Crippen LogP contribution in [-0.2, 0) is 28.9 Å². The van der Waals surface area contributed by atoms with E-state index in [9.17, 15) is 18.0 Å². The van der Waals surface area contributed by atoms with Crippen LogP contribution < -0.4 is 16.0 Å². The van der Waals surface area contributed by atoms with Crippen molar-refractivity contribution in [3.63, 3.8) is 0 Å². The molecule has 0 aromatic carbocycles. The average molecular weight is 291 g/mol. The van der Waals surface area contributed by atoms with Gasteiger partial charge in [0.05, 0.1) is 6.61 Å². The Labute approximate surface area is 110 Å². The lowest BCUT2D eigenvalue weighted by Gasteiger charge is -2.12. The molecule has 0 bridgehead atoms. The molecule has 0 amide bonds. The number of nitrogens with one attached hydrogen (secondary N) is 1. The van der Waals surface area contributed by atoms with E-state index in [0.717, 1.165) is 9.13 Å². The molecule has 0 fully saturated rings. The van der Waals surface area contributed by atoms with E-state index in [2.05, 4.69) is 4.72 Å². The Morgan fingerprint density at radius 1 is 1.21 bits per heavy atom. The highest BCUT2D eigenvalue weighted by Crippen LogP contribution is 2.06. The van der Waals surface area contributed by atoms with Crippen molar-refractivity contribution in [2.45, 2.75) is 11.8 Å². The summed E-state index contributed by atoms with van der Waals surface area (Å²) in [5.74, 6) is 0. The van der Waals surface area contributed by atoms with Gasteiger partial charge in [-0.2, -0.15) is 0 Å². The molecule has 0 spiro atoms. The van der Waals surface area contributed by atoms with Crippen LogP contribution in [0.15, 0.2) is 14.5 Å². The Kier molecular flexibility index (Phi) is 4.66. The molecular formula is C10H17N3O5S. The first-order valence-corrected chi connectivity index (χ1v) is 6.97. The largest absolute Gasteiger partial charge is 0.383 e. The van der Waals surface area contributed by atoms with Crippen LogP contribution in [0, 0.1) is 6.92 Å². The fraction of sp³-hybridized carbons (Fsp3) is 0.600. The van der Waals surface area contributed by atoms with Crippen molar-refractivity contribution in [2.75, 3.05) is 20.3 Å². The van der Waals surface area contributed by atoms with Crippen LogP contribution in [-0.4, -0.2) is 37.8 Å². The molecule has 0 saturated heterocycles. The van der Waals surface area contributed by atoms with Crippen LogP contribution in [0.4, 0.5) is 0 Å².